The van der Waals surface area contributed by atoms with Crippen molar-refractivity contribution in [3.8, 4) is 0 Å². The summed E-state index contributed by atoms with van der Waals surface area (Å²) in [6.45, 7) is 15.4. The molecule has 1 aromatic heterocycles. The van der Waals surface area contributed by atoms with Crippen LogP contribution in [0.25, 0.3) is 4.85 Å². The number of ether oxygens (including phenoxy) is 1. The Hall–Kier alpha value is -3.54. The largest absolute Gasteiger partial charge is 0.446 e. The highest BCUT2D eigenvalue weighted by atomic mass is 35.5. The second-order valence-corrected chi connectivity index (χ2v) is 13.3. The summed E-state index contributed by atoms with van der Waals surface area (Å²) in [6.07, 6.45) is 8.55. The molecular formula is C35H43ClN6O2. The number of hydrogen-bond acceptors (Lipinski definition) is 5. The topological polar surface area (TPSA) is 67.0 Å². The Morgan fingerprint density at radius 1 is 1.14 bits per heavy atom. The molecule has 0 spiro atoms. The van der Waals surface area contributed by atoms with Gasteiger partial charge in [0.25, 0.3) is 0 Å². The van der Waals surface area contributed by atoms with Crippen molar-refractivity contribution in [1.82, 2.24) is 19.8 Å². The highest BCUT2D eigenvalue weighted by Gasteiger charge is 2.53. The van der Waals surface area contributed by atoms with Gasteiger partial charge in [-0.3, -0.25) is 0 Å². The summed E-state index contributed by atoms with van der Waals surface area (Å²) in [5.74, 6) is 2.22. The number of alkyl carbamates (subject to hydrolysis) is 1. The van der Waals surface area contributed by atoms with Crippen LogP contribution in [0.1, 0.15) is 43.5 Å². The van der Waals surface area contributed by atoms with Crippen LogP contribution in [-0.4, -0.2) is 66.4 Å². The Balaban J connectivity index is 1.22. The van der Waals surface area contributed by atoms with Gasteiger partial charge in [0.05, 0.1) is 6.57 Å². The zero-order valence-corrected chi connectivity index (χ0v) is 26.5. The van der Waals surface area contributed by atoms with Gasteiger partial charge in [-0.25, -0.2) is 14.6 Å². The molecule has 1 amide bonds. The number of nitrogens with one attached hydrogen (secondary N) is 1. The van der Waals surface area contributed by atoms with E-state index in [9.17, 15) is 4.79 Å². The highest BCUT2D eigenvalue weighted by molar-refractivity contribution is 6.30. The normalized spacial score (nSPS) is 22.6. The van der Waals surface area contributed by atoms with Gasteiger partial charge in [-0.2, -0.15) is 0 Å². The van der Waals surface area contributed by atoms with Crippen LogP contribution in [0, 0.1) is 31.2 Å². The molecule has 0 radical (unpaired) electrons. The van der Waals surface area contributed by atoms with E-state index < -0.39 is 0 Å². The SMILES string of the molecule is [C-]#[N+]c1ccc(N2CC(CN3CCC(C(Cn4ccnc4C)(c4cccc(Cl)c4)[C@@H]4CCC[C@H]4OC(=O)NC)CC3)C2)cc1. The molecule has 44 heavy (non-hydrogen) atoms. The predicted molar refractivity (Wildman–Crippen MR) is 174 cm³/mol. The van der Waals surface area contributed by atoms with Gasteiger partial charge in [-0.15, -0.1) is 0 Å². The van der Waals surface area contributed by atoms with Gasteiger partial charge >= 0.3 is 6.09 Å². The maximum absolute atomic E-state index is 12.5. The number of halogens is 1. The third kappa shape index (κ3) is 6.18. The molecule has 3 fully saturated rings. The fourth-order valence-electron chi connectivity index (χ4n) is 8.20. The first-order valence-electron chi connectivity index (χ1n) is 16.0. The summed E-state index contributed by atoms with van der Waals surface area (Å²) in [5.41, 5.74) is 2.88. The first-order valence-corrected chi connectivity index (χ1v) is 16.3. The average Bonchev–Trinajstić information content (AvgIpc) is 3.66. The summed E-state index contributed by atoms with van der Waals surface area (Å²) >= 11 is 6.69. The van der Waals surface area contributed by atoms with Crippen molar-refractivity contribution >= 4 is 29.1 Å². The third-order valence-corrected chi connectivity index (χ3v) is 10.7. The van der Waals surface area contributed by atoms with Crippen LogP contribution in [0.5, 0.6) is 0 Å². The van der Waals surface area contributed by atoms with Gasteiger partial charge in [0.2, 0.25) is 0 Å². The second kappa shape index (κ2) is 13.2. The van der Waals surface area contributed by atoms with Gasteiger partial charge < -0.3 is 24.4 Å². The first kappa shape index (κ1) is 30.5. The van der Waals surface area contributed by atoms with Crippen LogP contribution in [0.2, 0.25) is 5.02 Å². The lowest BCUT2D eigenvalue weighted by atomic mass is 9.58. The Bertz CT molecular complexity index is 1470. The number of amides is 1. The number of aryl methyl sites for hydroxylation is 1. The number of rotatable bonds is 9. The fraction of sp³-hybridized carbons (Fsp3) is 0.514. The molecule has 2 aromatic carbocycles. The lowest BCUT2D eigenvalue weighted by molar-refractivity contribution is 0.00180. The van der Waals surface area contributed by atoms with Gasteiger partial charge in [0.1, 0.15) is 11.9 Å². The zero-order valence-electron chi connectivity index (χ0n) is 25.8. The minimum atomic E-state index is -0.354. The Morgan fingerprint density at radius 3 is 2.57 bits per heavy atom. The van der Waals surface area contributed by atoms with E-state index in [4.69, 9.17) is 22.9 Å². The van der Waals surface area contributed by atoms with Crippen LogP contribution < -0.4 is 10.2 Å². The number of carbonyl (C=O) groups is 1. The van der Waals surface area contributed by atoms with Crippen LogP contribution in [0.4, 0.5) is 16.2 Å². The number of likely N-dealkylation sites (tertiary alicyclic amines) is 1. The van der Waals surface area contributed by atoms with E-state index in [-0.39, 0.29) is 23.5 Å². The van der Waals surface area contributed by atoms with E-state index in [1.165, 1.54) is 11.3 Å². The van der Waals surface area contributed by atoms with Crippen LogP contribution in [-0.2, 0) is 16.7 Å². The molecule has 3 aromatic rings. The van der Waals surface area contributed by atoms with E-state index in [2.05, 4.69) is 73.0 Å². The number of carbonyl (C=O) groups excluding carboxylic acids is 1. The number of imidazole rings is 1. The van der Waals surface area contributed by atoms with E-state index in [1.807, 2.05) is 24.4 Å². The summed E-state index contributed by atoms with van der Waals surface area (Å²) in [7, 11) is 1.63. The summed E-state index contributed by atoms with van der Waals surface area (Å²) in [6, 6.07) is 16.4. The van der Waals surface area contributed by atoms with Crippen molar-refractivity contribution < 1.29 is 9.53 Å². The van der Waals surface area contributed by atoms with E-state index >= 15 is 0 Å². The smallest absolute Gasteiger partial charge is 0.407 e. The van der Waals surface area contributed by atoms with Crippen molar-refractivity contribution in [1.29, 1.82) is 0 Å². The van der Waals surface area contributed by atoms with Crippen molar-refractivity contribution in [3.63, 3.8) is 0 Å². The number of aromatic nitrogens is 2. The third-order valence-electron chi connectivity index (χ3n) is 10.4. The minimum absolute atomic E-state index is 0.152. The predicted octanol–water partition coefficient (Wildman–Crippen LogP) is 6.71. The molecule has 3 heterocycles. The summed E-state index contributed by atoms with van der Waals surface area (Å²) < 4.78 is 8.38. The van der Waals surface area contributed by atoms with Gasteiger partial charge in [-0.05, 0) is 87.9 Å². The number of anilines is 1. The first-order chi connectivity index (χ1) is 21.4. The minimum Gasteiger partial charge on any atom is -0.446 e. The molecule has 3 aliphatic rings. The molecular weight excluding hydrogens is 572 g/mol. The monoisotopic (exact) mass is 614 g/mol. The van der Waals surface area contributed by atoms with Gasteiger partial charge in [0.15, 0.2) is 5.69 Å². The van der Waals surface area contributed by atoms with Crippen molar-refractivity contribution in [3.05, 3.63) is 88.8 Å². The number of benzene rings is 2. The molecule has 2 saturated heterocycles. The number of nitrogens with zero attached hydrogens (tertiary/aromatic N) is 5. The maximum atomic E-state index is 12.5. The quantitative estimate of drug-likeness (QED) is 0.272. The Morgan fingerprint density at radius 2 is 1.91 bits per heavy atom. The lowest BCUT2D eigenvalue weighted by Crippen LogP contribution is -2.55. The Labute approximate surface area is 266 Å². The summed E-state index contributed by atoms with van der Waals surface area (Å²) in [4.78, 5) is 25.7. The average molecular weight is 615 g/mol. The maximum Gasteiger partial charge on any atom is 0.407 e. The van der Waals surface area contributed by atoms with Crippen LogP contribution in [0.3, 0.4) is 0 Å². The number of piperidine rings is 1. The zero-order chi connectivity index (χ0) is 30.7. The molecule has 232 valence electrons. The van der Waals surface area contributed by atoms with Gasteiger partial charge in [-0.1, -0.05) is 35.9 Å². The molecule has 2 aliphatic heterocycles. The molecule has 1 aliphatic carbocycles. The highest BCUT2D eigenvalue weighted by Crippen LogP contribution is 2.52. The molecule has 8 nitrogen and oxygen atoms in total. The molecule has 1 N–H and O–H groups in total. The fourth-order valence-corrected chi connectivity index (χ4v) is 8.39. The molecule has 9 heteroatoms. The molecule has 1 saturated carbocycles. The van der Waals surface area contributed by atoms with Crippen LogP contribution in [0.15, 0.2) is 60.9 Å². The standard InChI is InChI=1S/C35H43ClN6O2/c1-25-39-16-19-41(25)24-35(28-6-4-7-29(36)20-28,32-8-5-9-33(32)44-34(43)38-3)27-14-17-40(18-15-27)21-26-22-42(23-26)31-12-10-30(37-2)11-13-31/h4,6-7,10-13,16,19-20,26-27,32-33H,5,8-9,14-15,17-18,21-24H2,1,3H3,(H,38,43)/t32-,33-,35?/m1/s1. The molecule has 0 bridgehead atoms. The Kier molecular flexibility index (Phi) is 9.16. The van der Waals surface area contributed by atoms with E-state index in [0.717, 1.165) is 82.2 Å². The number of hydrogen-bond donors (Lipinski definition) is 1. The second-order valence-electron chi connectivity index (χ2n) is 12.9. The molecule has 1 unspecified atom stereocenters. The molecule has 3 atom stereocenters. The van der Waals surface area contributed by atoms with Crippen molar-refractivity contribution in [2.75, 3.05) is 44.7 Å². The van der Waals surface area contributed by atoms with Crippen LogP contribution >= 0.6 is 11.6 Å². The summed E-state index contributed by atoms with van der Waals surface area (Å²) in [5, 5.41) is 3.42. The van der Waals surface area contributed by atoms with E-state index in [0.29, 0.717) is 17.5 Å². The lowest BCUT2D eigenvalue weighted by Gasteiger charge is -2.51. The van der Waals surface area contributed by atoms with Crippen molar-refractivity contribution in [2.45, 2.75) is 57.1 Å². The van der Waals surface area contributed by atoms with Crippen molar-refractivity contribution in [2.24, 2.45) is 17.8 Å². The van der Waals surface area contributed by atoms with Gasteiger partial charge in [0, 0.05) is 73.6 Å². The molecule has 6 rings (SSSR count). The van der Waals surface area contributed by atoms with E-state index in [1.54, 1.807) is 7.05 Å².